The van der Waals surface area contributed by atoms with Gasteiger partial charge in [-0.3, -0.25) is 0 Å². The molecule has 0 saturated heterocycles. The summed E-state index contributed by atoms with van der Waals surface area (Å²) in [5.74, 6) is 0. The van der Waals surface area contributed by atoms with Crippen molar-refractivity contribution in [2.24, 2.45) is 5.41 Å². The molecule has 0 aliphatic rings. The van der Waals surface area contributed by atoms with Crippen molar-refractivity contribution in [3.63, 3.8) is 0 Å². The van der Waals surface area contributed by atoms with Gasteiger partial charge in [0.15, 0.2) is 0 Å². The number of rotatable bonds is 14. The predicted octanol–water partition coefficient (Wildman–Crippen LogP) is 4.52. The maximum atomic E-state index is 9.13. The van der Waals surface area contributed by atoms with E-state index in [2.05, 4.69) is 26.1 Å². The molecule has 0 heterocycles. The molecule has 0 unspecified atom stereocenters. The van der Waals surface area contributed by atoms with Gasteiger partial charge in [0.2, 0.25) is 0 Å². The van der Waals surface area contributed by atoms with Crippen molar-refractivity contribution in [3.8, 4) is 0 Å². The number of aliphatic hydroxyl groups is 1. The average molecular weight is 271 g/mol. The second-order valence-electron chi connectivity index (χ2n) is 6.68. The second kappa shape index (κ2) is 12.9. The highest BCUT2D eigenvalue weighted by Crippen LogP contribution is 2.12. The van der Waals surface area contributed by atoms with Gasteiger partial charge in [0.1, 0.15) is 0 Å². The van der Waals surface area contributed by atoms with E-state index in [1.54, 1.807) is 0 Å². The van der Waals surface area contributed by atoms with Crippen molar-refractivity contribution in [1.29, 1.82) is 0 Å². The Morgan fingerprint density at radius 2 is 1.26 bits per heavy atom. The molecule has 2 nitrogen and oxygen atoms in total. The number of hydrogen-bond donors (Lipinski definition) is 2. The van der Waals surface area contributed by atoms with Crippen LogP contribution in [0, 0.1) is 5.41 Å². The molecule has 0 atom stereocenters. The van der Waals surface area contributed by atoms with Crippen molar-refractivity contribution in [2.75, 3.05) is 19.7 Å². The summed E-state index contributed by atoms with van der Waals surface area (Å²) in [5, 5.41) is 12.6. The Kier molecular flexibility index (Phi) is 12.9. The van der Waals surface area contributed by atoms with Crippen LogP contribution in [0.2, 0.25) is 0 Å². The summed E-state index contributed by atoms with van der Waals surface area (Å²) >= 11 is 0. The van der Waals surface area contributed by atoms with Crippen molar-refractivity contribution in [1.82, 2.24) is 5.32 Å². The van der Waals surface area contributed by atoms with Gasteiger partial charge in [0.05, 0.1) is 0 Å². The predicted molar refractivity (Wildman–Crippen MR) is 85.6 cm³/mol. The molecule has 0 bridgehead atoms. The summed E-state index contributed by atoms with van der Waals surface area (Å²) in [6.45, 7) is 8.74. The van der Waals surface area contributed by atoms with Crippen molar-refractivity contribution >= 4 is 0 Å². The van der Waals surface area contributed by atoms with Crippen LogP contribution in [0.1, 0.15) is 85.0 Å². The van der Waals surface area contributed by atoms with Crippen LogP contribution in [0.5, 0.6) is 0 Å². The van der Waals surface area contributed by atoms with Crippen LogP contribution in [0.4, 0.5) is 0 Å². The SMILES string of the molecule is CCCCCCCCCCCCNCC(C)(C)CO. The fourth-order valence-corrected chi connectivity index (χ4v) is 2.22. The maximum Gasteiger partial charge on any atom is 0.0494 e. The van der Waals surface area contributed by atoms with Crippen LogP contribution in [0.15, 0.2) is 0 Å². The van der Waals surface area contributed by atoms with Crippen LogP contribution in [0.3, 0.4) is 0 Å². The Balaban J connectivity index is 3.07. The van der Waals surface area contributed by atoms with Crippen LogP contribution in [-0.4, -0.2) is 24.8 Å². The van der Waals surface area contributed by atoms with Gasteiger partial charge in [-0.25, -0.2) is 0 Å². The molecule has 0 aromatic carbocycles. The van der Waals surface area contributed by atoms with E-state index >= 15 is 0 Å². The van der Waals surface area contributed by atoms with Gasteiger partial charge in [-0.1, -0.05) is 78.6 Å². The second-order valence-corrected chi connectivity index (χ2v) is 6.68. The van der Waals surface area contributed by atoms with E-state index in [0.717, 1.165) is 13.1 Å². The quantitative estimate of drug-likeness (QED) is 0.455. The molecule has 0 rings (SSSR count). The number of aliphatic hydroxyl groups excluding tert-OH is 1. The first kappa shape index (κ1) is 18.9. The number of nitrogens with one attached hydrogen (secondary N) is 1. The molecular formula is C17H37NO. The minimum Gasteiger partial charge on any atom is -0.396 e. The van der Waals surface area contributed by atoms with E-state index in [9.17, 15) is 0 Å². The van der Waals surface area contributed by atoms with E-state index in [-0.39, 0.29) is 12.0 Å². The zero-order chi connectivity index (χ0) is 14.4. The van der Waals surface area contributed by atoms with Crippen LogP contribution in [0.25, 0.3) is 0 Å². The zero-order valence-corrected chi connectivity index (χ0v) is 13.6. The fraction of sp³-hybridized carbons (Fsp3) is 1.00. The molecule has 2 N–H and O–H groups in total. The van der Waals surface area contributed by atoms with E-state index in [4.69, 9.17) is 5.11 Å². The third kappa shape index (κ3) is 14.1. The van der Waals surface area contributed by atoms with Gasteiger partial charge < -0.3 is 10.4 Å². The van der Waals surface area contributed by atoms with E-state index < -0.39 is 0 Å². The smallest absolute Gasteiger partial charge is 0.0494 e. The van der Waals surface area contributed by atoms with Crippen LogP contribution < -0.4 is 5.32 Å². The molecule has 19 heavy (non-hydrogen) atoms. The summed E-state index contributed by atoms with van der Waals surface area (Å²) in [6, 6.07) is 0. The fourth-order valence-electron chi connectivity index (χ4n) is 2.22. The highest BCUT2D eigenvalue weighted by Gasteiger charge is 2.14. The normalized spacial score (nSPS) is 12.0. The Morgan fingerprint density at radius 1 is 0.789 bits per heavy atom. The standard InChI is InChI=1S/C17H37NO/c1-4-5-6-7-8-9-10-11-12-13-14-18-15-17(2,3)16-19/h18-19H,4-16H2,1-3H3. The summed E-state index contributed by atoms with van der Waals surface area (Å²) in [7, 11) is 0. The molecule has 0 aromatic heterocycles. The topological polar surface area (TPSA) is 32.3 Å². The molecule has 0 aliphatic carbocycles. The van der Waals surface area contributed by atoms with Gasteiger partial charge in [-0.15, -0.1) is 0 Å². The highest BCUT2D eigenvalue weighted by molar-refractivity contribution is 4.69. The maximum absolute atomic E-state index is 9.13. The molecular weight excluding hydrogens is 234 g/mol. The molecule has 0 aliphatic heterocycles. The van der Waals surface area contributed by atoms with Gasteiger partial charge >= 0.3 is 0 Å². The van der Waals surface area contributed by atoms with E-state index in [1.807, 2.05) is 0 Å². The monoisotopic (exact) mass is 271 g/mol. The van der Waals surface area contributed by atoms with Gasteiger partial charge in [0, 0.05) is 18.6 Å². The van der Waals surface area contributed by atoms with Crippen molar-refractivity contribution in [3.05, 3.63) is 0 Å². The molecule has 116 valence electrons. The summed E-state index contributed by atoms with van der Waals surface area (Å²) in [5.41, 5.74) is 0.0263. The molecule has 2 heteroatoms. The van der Waals surface area contributed by atoms with E-state index in [0.29, 0.717) is 0 Å². The van der Waals surface area contributed by atoms with Crippen molar-refractivity contribution < 1.29 is 5.11 Å². The lowest BCUT2D eigenvalue weighted by molar-refractivity contribution is 0.157. The molecule has 0 aromatic rings. The van der Waals surface area contributed by atoms with Crippen molar-refractivity contribution in [2.45, 2.75) is 85.0 Å². The number of unbranched alkanes of at least 4 members (excludes halogenated alkanes) is 9. The summed E-state index contributed by atoms with van der Waals surface area (Å²) in [6.07, 6.45) is 13.9. The molecule has 0 saturated carbocycles. The van der Waals surface area contributed by atoms with Crippen LogP contribution >= 0.6 is 0 Å². The third-order valence-electron chi connectivity index (χ3n) is 3.74. The Hall–Kier alpha value is -0.0800. The Labute approximate surface area is 121 Å². The van der Waals surface area contributed by atoms with Gasteiger partial charge in [-0.2, -0.15) is 0 Å². The lowest BCUT2D eigenvalue weighted by Gasteiger charge is -2.21. The lowest BCUT2D eigenvalue weighted by atomic mass is 9.95. The molecule has 0 radical (unpaired) electrons. The first-order valence-corrected chi connectivity index (χ1v) is 8.44. The Bertz CT molecular complexity index is 180. The zero-order valence-electron chi connectivity index (χ0n) is 13.6. The largest absolute Gasteiger partial charge is 0.396 e. The van der Waals surface area contributed by atoms with Gasteiger partial charge in [-0.05, 0) is 13.0 Å². The average Bonchev–Trinajstić information content (AvgIpc) is 2.40. The van der Waals surface area contributed by atoms with Crippen LogP contribution in [-0.2, 0) is 0 Å². The minimum absolute atomic E-state index is 0.0263. The molecule has 0 amide bonds. The first-order valence-electron chi connectivity index (χ1n) is 8.44. The van der Waals surface area contributed by atoms with Gasteiger partial charge in [0.25, 0.3) is 0 Å². The minimum atomic E-state index is 0.0263. The lowest BCUT2D eigenvalue weighted by Crippen LogP contribution is -2.32. The first-order chi connectivity index (χ1) is 9.12. The Morgan fingerprint density at radius 3 is 1.74 bits per heavy atom. The summed E-state index contributed by atoms with van der Waals surface area (Å²) < 4.78 is 0. The highest BCUT2D eigenvalue weighted by atomic mass is 16.3. The molecule has 0 spiro atoms. The summed E-state index contributed by atoms with van der Waals surface area (Å²) in [4.78, 5) is 0. The number of hydrogen-bond acceptors (Lipinski definition) is 2. The third-order valence-corrected chi connectivity index (χ3v) is 3.74. The molecule has 0 fully saturated rings. The van der Waals surface area contributed by atoms with E-state index in [1.165, 1.54) is 64.2 Å².